The van der Waals surface area contributed by atoms with Crippen LogP contribution in [0.1, 0.15) is 44.9 Å². The molecule has 4 nitrogen and oxygen atoms in total. The minimum Gasteiger partial charge on any atom is -0.385 e. The fourth-order valence-electron chi connectivity index (χ4n) is 2.07. The first-order chi connectivity index (χ1) is 9.04. The first-order valence-electron chi connectivity index (χ1n) is 6.82. The molecule has 1 aliphatic rings. The Labute approximate surface area is 119 Å². The largest absolute Gasteiger partial charge is 0.385 e. The number of aromatic nitrogens is 2. The van der Waals surface area contributed by atoms with E-state index >= 15 is 0 Å². The van der Waals surface area contributed by atoms with Crippen molar-refractivity contribution in [2.75, 3.05) is 25.6 Å². The van der Waals surface area contributed by atoms with Gasteiger partial charge in [0.25, 0.3) is 0 Å². The maximum Gasteiger partial charge on any atom is 0.135 e. The van der Waals surface area contributed by atoms with Gasteiger partial charge in [-0.1, -0.05) is 25.4 Å². The van der Waals surface area contributed by atoms with Crippen molar-refractivity contribution >= 4 is 17.4 Å². The van der Waals surface area contributed by atoms with Gasteiger partial charge in [0.15, 0.2) is 0 Å². The molecule has 0 saturated heterocycles. The number of methoxy groups -OCH3 is 1. The van der Waals surface area contributed by atoms with Gasteiger partial charge in [-0.15, -0.1) is 0 Å². The molecular formula is C14H22ClN3O. The zero-order valence-corrected chi connectivity index (χ0v) is 12.6. The van der Waals surface area contributed by atoms with Crippen molar-refractivity contribution in [3.63, 3.8) is 0 Å². The Bertz CT molecular complexity index is 433. The number of hydrogen-bond acceptors (Lipinski definition) is 4. The van der Waals surface area contributed by atoms with Crippen LogP contribution in [0.25, 0.3) is 0 Å². The molecule has 0 radical (unpaired) electrons. The summed E-state index contributed by atoms with van der Waals surface area (Å²) in [5, 5.41) is 3.90. The summed E-state index contributed by atoms with van der Waals surface area (Å²) in [5.74, 6) is 1.90. The number of rotatable bonds is 7. The topological polar surface area (TPSA) is 47.0 Å². The fraction of sp³-hybridized carbons (Fsp3) is 0.714. The second kappa shape index (κ2) is 6.06. The third-order valence-electron chi connectivity index (χ3n) is 3.67. The minimum atomic E-state index is 0.280. The molecule has 2 rings (SSSR count). The molecule has 1 fully saturated rings. The van der Waals surface area contributed by atoms with E-state index < -0.39 is 0 Å². The second-order valence-corrected chi connectivity index (χ2v) is 6.07. The lowest BCUT2D eigenvalue weighted by Gasteiger charge is -2.16. The normalized spacial score (nSPS) is 16.7. The van der Waals surface area contributed by atoms with Gasteiger partial charge >= 0.3 is 0 Å². The number of hydrogen-bond donors (Lipinski definition) is 1. The summed E-state index contributed by atoms with van der Waals surface area (Å²) in [6.07, 6.45) is 3.63. The van der Waals surface area contributed by atoms with E-state index in [1.165, 1.54) is 12.8 Å². The lowest BCUT2D eigenvalue weighted by Crippen LogP contribution is -2.18. The van der Waals surface area contributed by atoms with E-state index in [-0.39, 0.29) is 5.92 Å². The Morgan fingerprint density at radius 2 is 2.16 bits per heavy atom. The molecule has 1 aromatic heterocycles. The monoisotopic (exact) mass is 283 g/mol. The summed E-state index contributed by atoms with van der Waals surface area (Å²) in [4.78, 5) is 8.74. The van der Waals surface area contributed by atoms with Crippen LogP contribution in [0.4, 0.5) is 5.82 Å². The molecule has 0 bridgehead atoms. The van der Waals surface area contributed by atoms with Crippen molar-refractivity contribution in [3.8, 4) is 0 Å². The van der Waals surface area contributed by atoms with Crippen molar-refractivity contribution in [2.24, 2.45) is 5.41 Å². The molecule has 0 spiro atoms. The summed E-state index contributed by atoms with van der Waals surface area (Å²) < 4.78 is 5.16. The van der Waals surface area contributed by atoms with Gasteiger partial charge in [0.05, 0.1) is 0 Å². The van der Waals surface area contributed by atoms with Crippen LogP contribution in [0.3, 0.4) is 0 Å². The maximum absolute atomic E-state index is 6.03. The zero-order valence-electron chi connectivity index (χ0n) is 11.9. The van der Waals surface area contributed by atoms with E-state index in [1.807, 2.05) is 0 Å². The average molecular weight is 284 g/mol. The molecule has 0 atom stereocenters. The highest BCUT2D eigenvalue weighted by Crippen LogP contribution is 2.48. The van der Waals surface area contributed by atoms with Crippen molar-refractivity contribution < 1.29 is 4.74 Å². The molecule has 1 N–H and O–H groups in total. The minimum absolute atomic E-state index is 0.280. The summed E-state index contributed by atoms with van der Waals surface area (Å²) >= 11 is 6.03. The molecule has 5 heteroatoms. The number of nitrogens with one attached hydrogen (secondary N) is 1. The van der Waals surface area contributed by atoms with Crippen LogP contribution in [0.5, 0.6) is 0 Å². The number of anilines is 1. The molecule has 1 saturated carbocycles. The predicted octanol–water partition coefficient (Wildman–Crippen LogP) is 3.48. The molecule has 1 heterocycles. The Morgan fingerprint density at radius 1 is 1.42 bits per heavy atom. The number of halogens is 1. The molecule has 106 valence electrons. The average Bonchev–Trinajstić information content (AvgIpc) is 3.14. The van der Waals surface area contributed by atoms with Gasteiger partial charge in [-0.25, -0.2) is 9.97 Å². The Hall–Kier alpha value is -0.870. The quantitative estimate of drug-likeness (QED) is 0.778. The van der Waals surface area contributed by atoms with Gasteiger partial charge < -0.3 is 10.1 Å². The van der Waals surface area contributed by atoms with Crippen LogP contribution in [-0.4, -0.2) is 30.2 Å². The van der Waals surface area contributed by atoms with Crippen LogP contribution in [0, 0.1) is 5.41 Å². The van der Waals surface area contributed by atoms with Crippen molar-refractivity contribution in [1.82, 2.24) is 9.97 Å². The first kappa shape index (κ1) is 14.5. The standard InChI is InChI=1S/C14H22ClN3O/c1-10(2)13-17-11(15)8-12(18-13)16-9-14(4-5-14)6-7-19-3/h8,10H,4-7,9H2,1-3H3,(H,16,17,18). The molecular weight excluding hydrogens is 262 g/mol. The van der Waals surface area contributed by atoms with Gasteiger partial charge in [0.1, 0.15) is 16.8 Å². The lowest BCUT2D eigenvalue weighted by molar-refractivity contribution is 0.175. The van der Waals surface area contributed by atoms with Crippen LogP contribution < -0.4 is 5.32 Å². The van der Waals surface area contributed by atoms with E-state index in [0.29, 0.717) is 10.6 Å². The van der Waals surface area contributed by atoms with Crippen LogP contribution in [0.15, 0.2) is 6.07 Å². The van der Waals surface area contributed by atoms with Crippen LogP contribution in [-0.2, 0) is 4.74 Å². The smallest absolute Gasteiger partial charge is 0.135 e. The van der Waals surface area contributed by atoms with Crippen molar-refractivity contribution in [3.05, 3.63) is 17.0 Å². The Balaban J connectivity index is 1.96. The highest BCUT2D eigenvalue weighted by Gasteiger charge is 2.41. The van der Waals surface area contributed by atoms with Gasteiger partial charge in [0, 0.05) is 32.2 Å². The second-order valence-electron chi connectivity index (χ2n) is 5.69. The van der Waals surface area contributed by atoms with E-state index in [0.717, 1.165) is 31.2 Å². The Kier molecular flexibility index (Phi) is 4.63. The molecule has 0 amide bonds. The van der Waals surface area contributed by atoms with E-state index in [9.17, 15) is 0 Å². The highest BCUT2D eigenvalue weighted by molar-refractivity contribution is 6.29. The highest BCUT2D eigenvalue weighted by atomic mass is 35.5. The molecule has 1 aromatic rings. The van der Waals surface area contributed by atoms with Gasteiger partial charge in [-0.2, -0.15) is 0 Å². The third kappa shape index (κ3) is 4.05. The first-order valence-corrected chi connectivity index (χ1v) is 7.20. The number of nitrogens with zero attached hydrogens (tertiary/aromatic N) is 2. The number of ether oxygens (including phenoxy) is 1. The summed E-state index contributed by atoms with van der Waals surface area (Å²) in [6, 6.07) is 1.79. The zero-order chi connectivity index (χ0) is 13.9. The van der Waals surface area contributed by atoms with Crippen molar-refractivity contribution in [1.29, 1.82) is 0 Å². The van der Waals surface area contributed by atoms with Gasteiger partial charge in [0.2, 0.25) is 0 Å². The van der Waals surface area contributed by atoms with Crippen molar-refractivity contribution in [2.45, 2.75) is 39.0 Å². The summed E-state index contributed by atoms with van der Waals surface area (Å²) in [6.45, 7) is 5.89. The molecule has 0 aliphatic heterocycles. The Morgan fingerprint density at radius 3 is 2.74 bits per heavy atom. The molecule has 19 heavy (non-hydrogen) atoms. The van der Waals surface area contributed by atoms with E-state index in [4.69, 9.17) is 16.3 Å². The fourth-order valence-corrected chi connectivity index (χ4v) is 2.26. The van der Waals surface area contributed by atoms with E-state index in [2.05, 4.69) is 29.1 Å². The lowest BCUT2D eigenvalue weighted by atomic mass is 10.0. The predicted molar refractivity (Wildman–Crippen MR) is 77.8 cm³/mol. The summed E-state index contributed by atoms with van der Waals surface area (Å²) in [7, 11) is 1.75. The molecule has 0 unspecified atom stereocenters. The van der Waals surface area contributed by atoms with Crippen LogP contribution >= 0.6 is 11.6 Å². The maximum atomic E-state index is 6.03. The molecule has 0 aromatic carbocycles. The van der Waals surface area contributed by atoms with Crippen LogP contribution in [0.2, 0.25) is 5.15 Å². The van der Waals surface area contributed by atoms with E-state index in [1.54, 1.807) is 13.2 Å². The SMILES string of the molecule is COCCC1(CNc2cc(Cl)nc(C(C)C)n2)CC1. The summed E-state index contributed by atoms with van der Waals surface area (Å²) in [5.41, 5.74) is 0.394. The molecule has 1 aliphatic carbocycles. The third-order valence-corrected chi connectivity index (χ3v) is 3.86. The van der Waals surface area contributed by atoms with Gasteiger partial charge in [-0.3, -0.25) is 0 Å². The van der Waals surface area contributed by atoms with Gasteiger partial charge in [-0.05, 0) is 24.7 Å².